The highest BCUT2D eigenvalue weighted by Gasteiger charge is 2.25. The summed E-state index contributed by atoms with van der Waals surface area (Å²) in [5, 5.41) is 4.91. The molecule has 1 aromatic heterocycles. The molecule has 0 spiro atoms. The Balaban J connectivity index is 2.40. The number of carbonyl (C=O) groups excluding carboxylic acids is 1. The Morgan fingerprint density at radius 1 is 1.30 bits per heavy atom. The molecule has 0 aliphatic carbocycles. The molecule has 20 heavy (non-hydrogen) atoms. The molecule has 2 rings (SSSR count). The maximum Gasteiger partial charge on any atom is 0.155 e. The predicted molar refractivity (Wildman–Crippen MR) is 84.6 cm³/mol. The number of benzene rings is 1. The lowest BCUT2D eigenvalue weighted by atomic mass is 9.90. The van der Waals surface area contributed by atoms with Gasteiger partial charge >= 0.3 is 0 Å². The Morgan fingerprint density at radius 3 is 2.35 bits per heavy atom. The monoisotopic (exact) mass is 354 g/mol. The number of aldehydes is 1. The van der Waals surface area contributed by atoms with Crippen molar-refractivity contribution in [1.82, 2.24) is 9.78 Å². The van der Waals surface area contributed by atoms with Crippen LogP contribution in [0.3, 0.4) is 0 Å². The zero-order chi connectivity index (χ0) is 14.9. The van der Waals surface area contributed by atoms with Crippen molar-refractivity contribution in [3.05, 3.63) is 50.7 Å². The molecule has 1 heterocycles. The van der Waals surface area contributed by atoms with E-state index in [2.05, 4.69) is 21.0 Å². The number of hydrogen-bond donors (Lipinski definition) is 0. The van der Waals surface area contributed by atoms with E-state index in [9.17, 15) is 4.79 Å². The van der Waals surface area contributed by atoms with Crippen molar-refractivity contribution >= 4 is 33.8 Å². The molecule has 0 saturated carbocycles. The van der Waals surface area contributed by atoms with Crippen LogP contribution in [0.1, 0.15) is 42.4 Å². The van der Waals surface area contributed by atoms with Gasteiger partial charge in [0.2, 0.25) is 0 Å². The highest BCUT2D eigenvalue weighted by molar-refractivity contribution is 9.10. The van der Waals surface area contributed by atoms with Crippen molar-refractivity contribution in [2.45, 2.75) is 32.7 Å². The first-order valence-corrected chi connectivity index (χ1v) is 7.46. The highest BCUT2D eigenvalue weighted by atomic mass is 79.9. The first-order chi connectivity index (χ1) is 9.32. The van der Waals surface area contributed by atoms with Crippen molar-refractivity contribution in [1.29, 1.82) is 0 Å². The summed E-state index contributed by atoms with van der Waals surface area (Å²) < 4.78 is 2.70. The number of aromatic nitrogens is 2. The van der Waals surface area contributed by atoms with Crippen LogP contribution in [0, 0.1) is 0 Å². The molecule has 1 aromatic carbocycles. The molecular weight excluding hydrogens is 340 g/mol. The Bertz CT molecular complexity index is 627. The second-order valence-corrected chi connectivity index (χ2v) is 6.98. The second kappa shape index (κ2) is 5.70. The predicted octanol–water partition coefficient (Wildman–Crippen LogP) is 4.46. The summed E-state index contributed by atoms with van der Waals surface area (Å²) in [6.45, 7) is 6.59. The third kappa shape index (κ3) is 3.13. The van der Waals surface area contributed by atoms with Gasteiger partial charge in [-0.25, -0.2) is 4.68 Å². The normalized spacial score (nSPS) is 11.7. The van der Waals surface area contributed by atoms with Gasteiger partial charge in [-0.1, -0.05) is 60.4 Å². The summed E-state index contributed by atoms with van der Waals surface area (Å²) in [4.78, 5) is 11.3. The van der Waals surface area contributed by atoms with Gasteiger partial charge in [0, 0.05) is 9.89 Å². The van der Waals surface area contributed by atoms with Crippen LogP contribution in [0.4, 0.5) is 0 Å². The van der Waals surface area contributed by atoms with E-state index < -0.39 is 0 Å². The minimum absolute atomic E-state index is 0.217. The van der Waals surface area contributed by atoms with E-state index in [0.29, 0.717) is 17.3 Å². The number of halogens is 2. The van der Waals surface area contributed by atoms with Gasteiger partial charge in [-0.3, -0.25) is 4.79 Å². The molecule has 106 valence electrons. The summed E-state index contributed by atoms with van der Waals surface area (Å²) in [6, 6.07) is 7.94. The van der Waals surface area contributed by atoms with Crippen LogP contribution in [0.5, 0.6) is 0 Å². The van der Waals surface area contributed by atoms with Gasteiger partial charge in [-0.2, -0.15) is 5.10 Å². The van der Waals surface area contributed by atoms with Gasteiger partial charge in [0.05, 0.1) is 17.8 Å². The lowest BCUT2D eigenvalue weighted by Gasteiger charge is -2.15. The molecule has 0 aliphatic heterocycles. The first-order valence-electron chi connectivity index (χ1n) is 6.29. The fraction of sp³-hybridized carbons (Fsp3) is 0.333. The molecular formula is C15H16BrClN2O. The number of hydrogen-bond acceptors (Lipinski definition) is 2. The Hall–Kier alpha value is -1.13. The number of nitrogens with zero attached hydrogens (tertiary/aromatic N) is 2. The maximum absolute atomic E-state index is 11.3. The molecule has 0 radical (unpaired) electrons. The molecule has 0 bridgehead atoms. The van der Waals surface area contributed by atoms with Crippen LogP contribution in [0.25, 0.3) is 0 Å². The van der Waals surface area contributed by atoms with E-state index in [-0.39, 0.29) is 5.41 Å². The fourth-order valence-corrected chi connectivity index (χ4v) is 2.48. The molecule has 5 heteroatoms. The van der Waals surface area contributed by atoms with Gasteiger partial charge in [0.1, 0.15) is 5.15 Å². The minimum Gasteiger partial charge on any atom is -0.298 e. The van der Waals surface area contributed by atoms with Gasteiger partial charge < -0.3 is 0 Å². The Labute approximate surface area is 132 Å². The van der Waals surface area contributed by atoms with Crippen molar-refractivity contribution in [3.63, 3.8) is 0 Å². The third-order valence-corrected chi connectivity index (χ3v) is 3.93. The smallest absolute Gasteiger partial charge is 0.155 e. The molecule has 0 atom stereocenters. The average Bonchev–Trinajstić information content (AvgIpc) is 2.69. The fourth-order valence-electron chi connectivity index (χ4n) is 1.98. The van der Waals surface area contributed by atoms with Crippen LogP contribution in [0.2, 0.25) is 5.15 Å². The SMILES string of the molecule is CC(C)(C)c1nn(Cc2ccc(Br)cc2)c(Cl)c1C=O. The van der Waals surface area contributed by atoms with E-state index >= 15 is 0 Å². The summed E-state index contributed by atoms with van der Waals surface area (Å²) in [7, 11) is 0. The summed E-state index contributed by atoms with van der Waals surface area (Å²) in [5.74, 6) is 0. The average molecular weight is 356 g/mol. The van der Waals surface area contributed by atoms with Gasteiger partial charge in [0.15, 0.2) is 6.29 Å². The Morgan fingerprint density at radius 2 is 1.90 bits per heavy atom. The molecule has 2 aromatic rings. The quantitative estimate of drug-likeness (QED) is 0.762. The lowest BCUT2D eigenvalue weighted by Crippen LogP contribution is -2.15. The van der Waals surface area contributed by atoms with Crippen LogP contribution in [-0.2, 0) is 12.0 Å². The summed E-state index contributed by atoms with van der Waals surface area (Å²) in [5.41, 5.74) is 2.08. The van der Waals surface area contributed by atoms with Gasteiger partial charge in [0.25, 0.3) is 0 Å². The van der Waals surface area contributed by atoms with Crippen LogP contribution in [0.15, 0.2) is 28.7 Å². The largest absolute Gasteiger partial charge is 0.298 e. The topological polar surface area (TPSA) is 34.9 Å². The van der Waals surface area contributed by atoms with Crippen molar-refractivity contribution < 1.29 is 4.79 Å². The molecule has 0 amide bonds. The van der Waals surface area contributed by atoms with Crippen LogP contribution < -0.4 is 0 Å². The second-order valence-electron chi connectivity index (χ2n) is 5.71. The van der Waals surface area contributed by atoms with Crippen molar-refractivity contribution in [2.24, 2.45) is 0 Å². The summed E-state index contributed by atoms with van der Waals surface area (Å²) >= 11 is 9.68. The summed E-state index contributed by atoms with van der Waals surface area (Å²) in [6.07, 6.45) is 0.786. The molecule has 0 fully saturated rings. The zero-order valence-corrected chi connectivity index (χ0v) is 14.0. The van der Waals surface area contributed by atoms with Crippen LogP contribution >= 0.6 is 27.5 Å². The maximum atomic E-state index is 11.3. The number of rotatable bonds is 3. The molecule has 0 saturated heterocycles. The van der Waals surface area contributed by atoms with E-state index in [1.165, 1.54) is 0 Å². The zero-order valence-electron chi connectivity index (χ0n) is 11.7. The first kappa shape index (κ1) is 15.3. The van der Waals surface area contributed by atoms with E-state index in [0.717, 1.165) is 22.0 Å². The van der Waals surface area contributed by atoms with Crippen molar-refractivity contribution in [3.8, 4) is 0 Å². The third-order valence-electron chi connectivity index (χ3n) is 3.00. The van der Waals surface area contributed by atoms with Gasteiger partial charge in [-0.05, 0) is 17.7 Å². The lowest BCUT2D eigenvalue weighted by molar-refractivity contribution is 0.112. The van der Waals surface area contributed by atoms with E-state index in [1.807, 2.05) is 45.0 Å². The minimum atomic E-state index is -0.217. The molecule has 0 unspecified atom stereocenters. The van der Waals surface area contributed by atoms with Crippen LogP contribution in [-0.4, -0.2) is 16.1 Å². The molecule has 0 aliphatic rings. The van der Waals surface area contributed by atoms with E-state index in [1.54, 1.807) is 4.68 Å². The molecule has 3 nitrogen and oxygen atoms in total. The standard InChI is InChI=1S/C15H16BrClN2O/c1-15(2,3)13-12(9-20)14(17)19(18-13)8-10-4-6-11(16)7-5-10/h4-7,9H,8H2,1-3H3. The molecule has 0 N–H and O–H groups in total. The van der Waals surface area contributed by atoms with Crippen molar-refractivity contribution in [2.75, 3.05) is 0 Å². The highest BCUT2D eigenvalue weighted by Crippen LogP contribution is 2.29. The number of carbonyl (C=O) groups is 1. The van der Waals surface area contributed by atoms with Gasteiger partial charge in [-0.15, -0.1) is 0 Å². The van der Waals surface area contributed by atoms with E-state index in [4.69, 9.17) is 11.6 Å². The Kier molecular flexibility index (Phi) is 4.35.